The summed E-state index contributed by atoms with van der Waals surface area (Å²) in [5.74, 6) is 0. The van der Waals surface area contributed by atoms with Gasteiger partial charge in [0.05, 0.1) is 0 Å². The first kappa shape index (κ1) is 12.2. The van der Waals surface area contributed by atoms with E-state index in [0.717, 1.165) is 25.8 Å². The highest BCUT2D eigenvalue weighted by molar-refractivity contribution is 6.02. The normalized spacial score (nSPS) is 11.2. The van der Waals surface area contributed by atoms with Gasteiger partial charge < -0.3 is 5.73 Å². The van der Waals surface area contributed by atoms with Crippen molar-refractivity contribution in [3.63, 3.8) is 0 Å². The second kappa shape index (κ2) is 5.41. The molecule has 3 aromatic carbocycles. The predicted molar refractivity (Wildman–Crippen MR) is 83.4 cm³/mol. The van der Waals surface area contributed by atoms with Crippen LogP contribution in [-0.4, -0.2) is 6.54 Å². The predicted octanol–water partition coefficient (Wildman–Crippen LogP) is 4.27. The van der Waals surface area contributed by atoms with Crippen molar-refractivity contribution in [3.8, 4) is 0 Å². The van der Waals surface area contributed by atoms with E-state index < -0.39 is 0 Å². The molecule has 0 radical (unpaired) electrons. The molecule has 0 atom stereocenters. The monoisotopic (exact) mass is 249 g/mol. The molecule has 0 spiro atoms. The van der Waals surface area contributed by atoms with Crippen LogP contribution in [0.4, 0.5) is 0 Å². The highest BCUT2D eigenvalue weighted by atomic mass is 14.5. The van der Waals surface area contributed by atoms with Crippen LogP contribution in [0.5, 0.6) is 0 Å². The summed E-state index contributed by atoms with van der Waals surface area (Å²) in [6.07, 6.45) is 3.37. The Hall–Kier alpha value is -1.86. The third-order valence-corrected chi connectivity index (χ3v) is 3.76. The van der Waals surface area contributed by atoms with Crippen LogP contribution in [0.2, 0.25) is 0 Å². The van der Waals surface area contributed by atoms with Crippen LogP contribution < -0.4 is 5.73 Å². The third-order valence-electron chi connectivity index (χ3n) is 3.76. The quantitative estimate of drug-likeness (QED) is 0.542. The summed E-state index contributed by atoms with van der Waals surface area (Å²) in [6.45, 7) is 0.780. The Morgan fingerprint density at radius 2 is 1.32 bits per heavy atom. The smallest absolute Gasteiger partial charge is 0.00772 e. The number of hydrogen-bond acceptors (Lipinski definition) is 1. The molecule has 0 saturated heterocycles. The van der Waals surface area contributed by atoms with E-state index in [9.17, 15) is 0 Å². The number of benzene rings is 3. The molecular weight excluding hydrogens is 230 g/mol. The van der Waals surface area contributed by atoms with Crippen LogP contribution >= 0.6 is 0 Å². The molecule has 0 aliphatic heterocycles. The first-order chi connectivity index (χ1) is 9.40. The summed E-state index contributed by atoms with van der Waals surface area (Å²) in [6, 6.07) is 19.6. The molecule has 2 N–H and O–H groups in total. The van der Waals surface area contributed by atoms with Crippen molar-refractivity contribution >= 4 is 21.5 Å². The lowest BCUT2D eigenvalue weighted by molar-refractivity contribution is 0.750. The molecule has 1 nitrogen and oxygen atoms in total. The second-order valence-electron chi connectivity index (χ2n) is 5.04. The first-order valence-electron chi connectivity index (χ1n) is 6.99. The SMILES string of the molecule is NCCCCc1c2ccccc2cc2ccccc12. The maximum absolute atomic E-state index is 5.62. The van der Waals surface area contributed by atoms with Gasteiger partial charge in [0.2, 0.25) is 0 Å². The highest BCUT2D eigenvalue weighted by Crippen LogP contribution is 2.29. The fraction of sp³-hybridized carbons (Fsp3) is 0.222. The van der Waals surface area contributed by atoms with E-state index in [-0.39, 0.29) is 0 Å². The van der Waals surface area contributed by atoms with Gasteiger partial charge in [-0.15, -0.1) is 0 Å². The van der Waals surface area contributed by atoms with Crippen molar-refractivity contribution in [2.75, 3.05) is 6.54 Å². The lowest BCUT2D eigenvalue weighted by Gasteiger charge is -2.11. The van der Waals surface area contributed by atoms with Crippen molar-refractivity contribution < 1.29 is 0 Å². The van der Waals surface area contributed by atoms with Crippen LogP contribution in [0.1, 0.15) is 18.4 Å². The van der Waals surface area contributed by atoms with Crippen LogP contribution in [0, 0.1) is 0 Å². The zero-order valence-corrected chi connectivity index (χ0v) is 11.1. The number of unbranched alkanes of at least 4 members (excludes halogenated alkanes) is 1. The maximum atomic E-state index is 5.62. The molecule has 19 heavy (non-hydrogen) atoms. The van der Waals surface area contributed by atoms with Gasteiger partial charge in [0.15, 0.2) is 0 Å². The number of aryl methyl sites for hydroxylation is 1. The van der Waals surface area contributed by atoms with E-state index in [1.807, 2.05) is 0 Å². The van der Waals surface area contributed by atoms with Gasteiger partial charge in [0.1, 0.15) is 0 Å². The molecule has 1 heteroatoms. The minimum atomic E-state index is 0.780. The molecule has 3 aromatic rings. The first-order valence-corrected chi connectivity index (χ1v) is 6.99. The average molecular weight is 249 g/mol. The Balaban J connectivity index is 2.21. The molecule has 0 unspecified atom stereocenters. The maximum Gasteiger partial charge on any atom is -0.00772 e. The largest absolute Gasteiger partial charge is 0.330 e. The van der Waals surface area contributed by atoms with E-state index in [1.165, 1.54) is 27.1 Å². The summed E-state index contributed by atoms with van der Waals surface area (Å²) >= 11 is 0. The summed E-state index contributed by atoms with van der Waals surface area (Å²) in [7, 11) is 0. The van der Waals surface area contributed by atoms with Crippen LogP contribution in [0.25, 0.3) is 21.5 Å². The molecule has 0 saturated carbocycles. The van der Waals surface area contributed by atoms with Crippen molar-refractivity contribution in [3.05, 3.63) is 60.2 Å². The zero-order valence-electron chi connectivity index (χ0n) is 11.1. The highest BCUT2D eigenvalue weighted by Gasteiger charge is 2.06. The van der Waals surface area contributed by atoms with E-state index in [0.29, 0.717) is 0 Å². The van der Waals surface area contributed by atoms with Gasteiger partial charge in [-0.1, -0.05) is 48.5 Å². The zero-order chi connectivity index (χ0) is 13.1. The van der Waals surface area contributed by atoms with E-state index in [4.69, 9.17) is 5.73 Å². The molecule has 0 fully saturated rings. The fourth-order valence-corrected chi connectivity index (χ4v) is 2.82. The minimum Gasteiger partial charge on any atom is -0.330 e. The summed E-state index contributed by atoms with van der Waals surface area (Å²) in [5.41, 5.74) is 7.09. The summed E-state index contributed by atoms with van der Waals surface area (Å²) in [5, 5.41) is 5.45. The van der Waals surface area contributed by atoms with Gasteiger partial charge in [0, 0.05) is 0 Å². The van der Waals surface area contributed by atoms with E-state index in [2.05, 4.69) is 54.6 Å². The number of hydrogen-bond donors (Lipinski definition) is 1. The van der Waals surface area contributed by atoms with Crippen LogP contribution in [0.3, 0.4) is 0 Å². The molecular formula is C18H19N. The molecule has 0 heterocycles. The lowest BCUT2D eigenvalue weighted by Crippen LogP contribution is -1.99. The van der Waals surface area contributed by atoms with Gasteiger partial charge in [-0.25, -0.2) is 0 Å². The van der Waals surface area contributed by atoms with Crippen LogP contribution in [0.15, 0.2) is 54.6 Å². The van der Waals surface area contributed by atoms with Gasteiger partial charge in [0.25, 0.3) is 0 Å². The van der Waals surface area contributed by atoms with Gasteiger partial charge in [-0.3, -0.25) is 0 Å². The van der Waals surface area contributed by atoms with Gasteiger partial charge in [-0.2, -0.15) is 0 Å². The Morgan fingerprint density at radius 1 is 0.737 bits per heavy atom. The lowest BCUT2D eigenvalue weighted by atomic mass is 9.93. The minimum absolute atomic E-state index is 0.780. The topological polar surface area (TPSA) is 26.0 Å². The molecule has 0 amide bonds. The van der Waals surface area contributed by atoms with Crippen LogP contribution in [-0.2, 0) is 6.42 Å². The third kappa shape index (κ3) is 2.34. The molecule has 3 rings (SSSR count). The number of fused-ring (bicyclic) bond motifs is 2. The van der Waals surface area contributed by atoms with Gasteiger partial charge in [-0.05, 0) is 59.0 Å². The molecule has 0 aromatic heterocycles. The van der Waals surface area contributed by atoms with E-state index >= 15 is 0 Å². The van der Waals surface area contributed by atoms with Gasteiger partial charge >= 0.3 is 0 Å². The number of nitrogens with two attached hydrogens (primary N) is 1. The standard InChI is InChI=1S/C18H19N/c19-12-6-5-11-18-16-9-3-1-7-14(16)13-15-8-2-4-10-17(15)18/h1-4,7-10,13H,5-6,11-12,19H2. The Morgan fingerprint density at radius 3 is 1.89 bits per heavy atom. The summed E-state index contributed by atoms with van der Waals surface area (Å²) < 4.78 is 0. The molecule has 0 aliphatic carbocycles. The molecule has 0 bridgehead atoms. The number of rotatable bonds is 4. The second-order valence-corrected chi connectivity index (χ2v) is 5.04. The average Bonchev–Trinajstić information content (AvgIpc) is 2.46. The van der Waals surface area contributed by atoms with Crippen molar-refractivity contribution in [1.82, 2.24) is 0 Å². The van der Waals surface area contributed by atoms with Crippen molar-refractivity contribution in [1.29, 1.82) is 0 Å². The molecule has 96 valence electrons. The van der Waals surface area contributed by atoms with E-state index in [1.54, 1.807) is 0 Å². The fourth-order valence-electron chi connectivity index (χ4n) is 2.82. The Kier molecular flexibility index (Phi) is 3.47. The Bertz CT molecular complexity index is 646. The van der Waals surface area contributed by atoms with Crippen molar-refractivity contribution in [2.24, 2.45) is 5.73 Å². The summed E-state index contributed by atoms with van der Waals surface area (Å²) in [4.78, 5) is 0. The molecule has 0 aliphatic rings. The Labute approximate surface area is 114 Å². The van der Waals surface area contributed by atoms with Crippen molar-refractivity contribution in [2.45, 2.75) is 19.3 Å².